The number of fused-ring (bicyclic) bond motifs is 1. The molecule has 0 atom stereocenters. The molecule has 7 heteroatoms. The highest BCUT2D eigenvalue weighted by atomic mass is 35.5. The molecule has 0 aliphatic carbocycles. The van der Waals surface area contributed by atoms with Gasteiger partial charge in [0.05, 0.1) is 31.7 Å². The SMILES string of the molecule is CC[NH+](CC)CCNC(=O)Nc1c[nH]c2cc(Cl)ccc2c1=O. The summed E-state index contributed by atoms with van der Waals surface area (Å²) < 4.78 is 0. The van der Waals surface area contributed by atoms with E-state index in [9.17, 15) is 9.59 Å². The molecule has 2 rings (SSSR count). The zero-order valence-corrected chi connectivity index (χ0v) is 14.1. The molecule has 0 aliphatic heterocycles. The van der Waals surface area contributed by atoms with Crippen LogP contribution in [0.1, 0.15) is 13.8 Å². The molecule has 0 spiro atoms. The number of amides is 2. The third kappa shape index (κ3) is 4.46. The first-order valence-corrected chi connectivity index (χ1v) is 8.12. The number of likely N-dealkylation sites (N-methyl/N-ethyl adjacent to an activating group) is 1. The van der Waals surface area contributed by atoms with E-state index in [-0.39, 0.29) is 17.1 Å². The van der Waals surface area contributed by atoms with Crippen LogP contribution < -0.4 is 21.0 Å². The number of carbonyl (C=O) groups is 1. The number of aromatic amines is 1. The predicted molar refractivity (Wildman–Crippen MR) is 93.5 cm³/mol. The summed E-state index contributed by atoms with van der Waals surface area (Å²) in [6.45, 7) is 7.68. The third-order valence-corrected chi connectivity index (χ3v) is 4.09. The Morgan fingerprint density at radius 3 is 2.74 bits per heavy atom. The van der Waals surface area contributed by atoms with Gasteiger partial charge in [0.15, 0.2) is 0 Å². The number of anilines is 1. The van der Waals surface area contributed by atoms with Gasteiger partial charge in [-0.15, -0.1) is 0 Å². The van der Waals surface area contributed by atoms with Crippen molar-refractivity contribution in [2.75, 3.05) is 31.5 Å². The van der Waals surface area contributed by atoms with Crippen molar-refractivity contribution in [2.45, 2.75) is 13.8 Å². The molecule has 0 bridgehead atoms. The number of rotatable bonds is 6. The van der Waals surface area contributed by atoms with Crippen molar-refractivity contribution >= 4 is 34.2 Å². The average Bonchev–Trinajstić information content (AvgIpc) is 2.54. The van der Waals surface area contributed by atoms with Gasteiger partial charge in [-0.1, -0.05) is 11.6 Å². The second-order valence-corrected chi connectivity index (χ2v) is 5.75. The van der Waals surface area contributed by atoms with E-state index in [1.807, 2.05) is 0 Å². The van der Waals surface area contributed by atoms with Crippen LogP contribution in [0.5, 0.6) is 0 Å². The number of H-pyrrole nitrogens is 1. The van der Waals surface area contributed by atoms with Crippen LogP contribution in [-0.4, -0.2) is 37.2 Å². The van der Waals surface area contributed by atoms with Gasteiger partial charge in [0.1, 0.15) is 5.69 Å². The third-order valence-electron chi connectivity index (χ3n) is 3.86. The lowest BCUT2D eigenvalue weighted by Gasteiger charge is -2.15. The van der Waals surface area contributed by atoms with Crippen LogP contribution in [0.2, 0.25) is 5.02 Å². The van der Waals surface area contributed by atoms with Crippen LogP contribution >= 0.6 is 11.6 Å². The second kappa shape index (κ2) is 7.99. The van der Waals surface area contributed by atoms with Crippen LogP contribution in [0.3, 0.4) is 0 Å². The van der Waals surface area contributed by atoms with Crippen LogP contribution in [0.4, 0.5) is 10.5 Å². The highest BCUT2D eigenvalue weighted by Gasteiger charge is 2.09. The first-order valence-electron chi connectivity index (χ1n) is 7.74. The minimum absolute atomic E-state index is 0.215. The van der Waals surface area contributed by atoms with E-state index < -0.39 is 0 Å². The number of carbonyl (C=O) groups excluding carboxylic acids is 1. The molecule has 2 aromatic rings. The standard InChI is InChI=1S/C16H21ClN4O2/c1-3-21(4-2)8-7-18-16(23)20-14-10-19-13-9-11(17)5-6-12(13)15(14)22/h5-6,9-10H,3-4,7-8H2,1-2H3,(H,19,22)(H2,18,20,23)/p+1. The smallest absolute Gasteiger partial charge is 0.319 e. The topological polar surface area (TPSA) is 78.4 Å². The van der Waals surface area contributed by atoms with Crippen molar-refractivity contribution in [2.24, 2.45) is 0 Å². The van der Waals surface area contributed by atoms with Gasteiger partial charge in [-0.2, -0.15) is 0 Å². The number of pyridine rings is 1. The fourth-order valence-electron chi connectivity index (χ4n) is 2.41. The summed E-state index contributed by atoms with van der Waals surface area (Å²) in [5, 5.41) is 6.39. The number of nitrogens with one attached hydrogen (secondary N) is 4. The first-order chi connectivity index (χ1) is 11.0. The molecule has 0 radical (unpaired) electrons. The average molecular weight is 338 g/mol. The van der Waals surface area contributed by atoms with E-state index in [4.69, 9.17) is 11.6 Å². The van der Waals surface area contributed by atoms with Gasteiger partial charge in [-0.3, -0.25) is 4.79 Å². The molecule has 0 aliphatic rings. The summed E-state index contributed by atoms with van der Waals surface area (Å²) in [6.07, 6.45) is 1.48. The van der Waals surface area contributed by atoms with Crippen LogP contribution in [0.15, 0.2) is 29.2 Å². The van der Waals surface area contributed by atoms with Crippen LogP contribution in [-0.2, 0) is 0 Å². The molecule has 0 saturated carbocycles. The van der Waals surface area contributed by atoms with Crippen molar-refractivity contribution in [3.63, 3.8) is 0 Å². The normalized spacial score (nSPS) is 11.0. The van der Waals surface area contributed by atoms with E-state index in [2.05, 4.69) is 29.5 Å². The van der Waals surface area contributed by atoms with Crippen molar-refractivity contribution in [1.82, 2.24) is 10.3 Å². The quantitative estimate of drug-likeness (QED) is 0.639. The van der Waals surface area contributed by atoms with Gasteiger partial charge in [-0.05, 0) is 32.0 Å². The van der Waals surface area contributed by atoms with Gasteiger partial charge >= 0.3 is 6.03 Å². The van der Waals surface area contributed by atoms with Crippen molar-refractivity contribution in [3.05, 3.63) is 39.6 Å². The predicted octanol–water partition coefficient (Wildman–Crippen LogP) is 1.23. The summed E-state index contributed by atoms with van der Waals surface area (Å²) in [5.74, 6) is 0. The zero-order chi connectivity index (χ0) is 16.8. The molecular weight excluding hydrogens is 316 g/mol. The lowest BCUT2D eigenvalue weighted by atomic mass is 10.2. The lowest BCUT2D eigenvalue weighted by molar-refractivity contribution is -0.895. The van der Waals surface area contributed by atoms with Gasteiger partial charge in [-0.25, -0.2) is 4.79 Å². The Kier molecular flexibility index (Phi) is 6.01. The number of aromatic nitrogens is 1. The highest BCUT2D eigenvalue weighted by molar-refractivity contribution is 6.31. The summed E-state index contributed by atoms with van der Waals surface area (Å²) in [7, 11) is 0. The minimum Gasteiger partial charge on any atom is -0.359 e. The van der Waals surface area contributed by atoms with Crippen molar-refractivity contribution < 1.29 is 9.69 Å². The molecule has 1 aromatic carbocycles. The Bertz CT molecular complexity index is 740. The Hall–Kier alpha value is -2.05. The highest BCUT2D eigenvalue weighted by Crippen LogP contribution is 2.16. The Morgan fingerprint density at radius 1 is 1.30 bits per heavy atom. The molecule has 23 heavy (non-hydrogen) atoms. The number of hydrogen-bond donors (Lipinski definition) is 4. The number of halogens is 1. The molecule has 0 fully saturated rings. The minimum atomic E-state index is -0.379. The van der Waals surface area contributed by atoms with E-state index in [0.717, 1.165) is 19.6 Å². The molecule has 4 N–H and O–H groups in total. The van der Waals surface area contributed by atoms with Crippen LogP contribution in [0.25, 0.3) is 10.9 Å². The Labute approximate surface area is 139 Å². The number of benzene rings is 1. The van der Waals surface area contributed by atoms with E-state index in [0.29, 0.717) is 22.5 Å². The maximum absolute atomic E-state index is 12.3. The maximum Gasteiger partial charge on any atom is 0.319 e. The van der Waals surface area contributed by atoms with E-state index in [1.54, 1.807) is 18.2 Å². The molecule has 2 amide bonds. The molecule has 0 saturated heterocycles. The first kappa shape index (κ1) is 17.3. The monoisotopic (exact) mass is 337 g/mol. The lowest BCUT2D eigenvalue weighted by Crippen LogP contribution is -3.12. The molecular formula is C16H22ClN4O2+. The number of quaternary nitrogens is 1. The van der Waals surface area contributed by atoms with Gasteiger partial charge in [0.25, 0.3) is 0 Å². The maximum atomic E-state index is 12.3. The molecule has 0 unspecified atom stereocenters. The van der Waals surface area contributed by atoms with Crippen molar-refractivity contribution in [3.8, 4) is 0 Å². The largest absolute Gasteiger partial charge is 0.359 e. The second-order valence-electron chi connectivity index (χ2n) is 5.31. The fourth-order valence-corrected chi connectivity index (χ4v) is 2.58. The van der Waals surface area contributed by atoms with E-state index in [1.165, 1.54) is 11.1 Å². The van der Waals surface area contributed by atoms with Gasteiger partial charge in [0, 0.05) is 16.6 Å². The summed E-state index contributed by atoms with van der Waals surface area (Å²) >= 11 is 5.90. The number of urea groups is 1. The summed E-state index contributed by atoms with van der Waals surface area (Å²) in [5.41, 5.74) is 0.617. The van der Waals surface area contributed by atoms with Crippen molar-refractivity contribution in [1.29, 1.82) is 0 Å². The summed E-state index contributed by atoms with van der Waals surface area (Å²) in [6, 6.07) is 4.59. The number of hydrogen-bond acceptors (Lipinski definition) is 2. The Balaban J connectivity index is 2.01. The summed E-state index contributed by atoms with van der Waals surface area (Å²) in [4.78, 5) is 28.6. The van der Waals surface area contributed by atoms with Gasteiger partial charge < -0.3 is 20.5 Å². The molecule has 6 nitrogen and oxygen atoms in total. The molecule has 1 heterocycles. The zero-order valence-electron chi connectivity index (χ0n) is 13.3. The van der Waals surface area contributed by atoms with Gasteiger partial charge in [0.2, 0.25) is 5.43 Å². The van der Waals surface area contributed by atoms with Crippen LogP contribution in [0, 0.1) is 0 Å². The molecule has 124 valence electrons. The molecule has 1 aromatic heterocycles. The Morgan fingerprint density at radius 2 is 2.04 bits per heavy atom. The fraction of sp³-hybridized carbons (Fsp3) is 0.375. The van der Waals surface area contributed by atoms with E-state index >= 15 is 0 Å².